The van der Waals surface area contributed by atoms with E-state index in [-0.39, 0.29) is 27.6 Å². The third-order valence-electron chi connectivity index (χ3n) is 5.42. The van der Waals surface area contributed by atoms with Gasteiger partial charge in [-0.3, -0.25) is 9.69 Å². The zero-order valence-corrected chi connectivity index (χ0v) is 15.7. The highest BCUT2D eigenvalue weighted by Crippen LogP contribution is 2.60. The van der Waals surface area contributed by atoms with Crippen molar-refractivity contribution in [2.24, 2.45) is 17.3 Å². The third kappa shape index (κ3) is 3.79. The first kappa shape index (κ1) is 17.8. The van der Waals surface area contributed by atoms with Crippen LogP contribution in [0.3, 0.4) is 0 Å². The lowest BCUT2D eigenvalue weighted by molar-refractivity contribution is -0.135. The summed E-state index contributed by atoms with van der Waals surface area (Å²) in [6.45, 7) is 8.60. The van der Waals surface area contributed by atoms with E-state index in [0.29, 0.717) is 0 Å². The topological polar surface area (TPSA) is 23.6 Å². The number of carbonyl (C=O) groups is 1. The number of hydrogen-bond donors (Lipinski definition) is 0. The molecule has 0 spiro atoms. The van der Waals surface area contributed by atoms with Gasteiger partial charge in [-0.25, -0.2) is 0 Å². The van der Waals surface area contributed by atoms with E-state index < -0.39 is 0 Å². The first-order chi connectivity index (χ1) is 11.4. The van der Waals surface area contributed by atoms with Crippen molar-refractivity contribution in [1.82, 2.24) is 9.80 Å². The maximum atomic E-state index is 12.8. The van der Waals surface area contributed by atoms with Crippen LogP contribution in [-0.2, 0) is 11.3 Å². The van der Waals surface area contributed by atoms with Crippen molar-refractivity contribution < 1.29 is 4.79 Å². The Balaban J connectivity index is 1.53. The maximum Gasteiger partial charge on any atom is 0.226 e. The molecule has 2 fully saturated rings. The quantitative estimate of drug-likeness (QED) is 0.805. The van der Waals surface area contributed by atoms with E-state index >= 15 is 0 Å². The van der Waals surface area contributed by atoms with Crippen molar-refractivity contribution in [3.63, 3.8) is 0 Å². The van der Waals surface area contributed by atoms with Gasteiger partial charge in [-0.2, -0.15) is 0 Å². The van der Waals surface area contributed by atoms with Crippen molar-refractivity contribution in [3.05, 3.63) is 46.5 Å². The Kier molecular flexibility index (Phi) is 5.24. The minimum absolute atomic E-state index is 0.00525. The second kappa shape index (κ2) is 7.07. The van der Waals surface area contributed by atoms with Gasteiger partial charge in [0.25, 0.3) is 0 Å². The number of halogens is 2. The van der Waals surface area contributed by atoms with Gasteiger partial charge in [-0.05, 0) is 23.0 Å². The first-order valence-electron chi connectivity index (χ1n) is 8.47. The monoisotopic (exact) mass is 366 g/mol. The Hall–Kier alpha value is -1.03. The van der Waals surface area contributed by atoms with Crippen LogP contribution in [0.15, 0.2) is 40.9 Å². The van der Waals surface area contributed by atoms with Crippen LogP contribution in [0.25, 0.3) is 0 Å². The van der Waals surface area contributed by atoms with Crippen molar-refractivity contribution in [2.45, 2.75) is 20.4 Å². The van der Waals surface area contributed by atoms with Crippen LogP contribution in [-0.4, -0.2) is 41.9 Å². The SMILES string of the molecule is CC1(C)[C@H](C=C(Cl)Cl)[C@H]1C(=O)N1CCN(Cc2ccccc2)CC1. The molecule has 2 aliphatic rings. The number of carbonyl (C=O) groups excluding carboxylic acids is 1. The molecule has 3 nitrogen and oxygen atoms in total. The second-order valence-corrected chi connectivity index (χ2v) is 8.38. The maximum absolute atomic E-state index is 12.8. The van der Waals surface area contributed by atoms with Gasteiger partial charge in [0.1, 0.15) is 4.49 Å². The lowest BCUT2D eigenvalue weighted by Crippen LogP contribution is -2.49. The van der Waals surface area contributed by atoms with Gasteiger partial charge in [0.05, 0.1) is 5.92 Å². The molecule has 0 N–H and O–H groups in total. The Morgan fingerprint density at radius 2 is 1.79 bits per heavy atom. The zero-order valence-electron chi connectivity index (χ0n) is 14.2. The van der Waals surface area contributed by atoms with Gasteiger partial charge in [0, 0.05) is 32.7 Å². The number of benzene rings is 1. The molecule has 130 valence electrons. The normalized spacial score (nSPS) is 26.1. The standard InChI is InChI=1S/C19H24Cl2N2O/c1-19(2)15(12-16(20)21)17(19)18(24)23-10-8-22(9-11-23)13-14-6-4-3-5-7-14/h3-7,12,15,17H,8-11,13H2,1-2H3/t15-,17+/m1/s1. The van der Waals surface area contributed by atoms with Crippen molar-refractivity contribution in [2.75, 3.05) is 26.2 Å². The Bertz CT molecular complexity index is 618. The van der Waals surface area contributed by atoms with E-state index in [0.717, 1.165) is 32.7 Å². The van der Waals surface area contributed by atoms with E-state index in [1.54, 1.807) is 0 Å². The molecular formula is C19H24Cl2N2O. The molecule has 1 aliphatic carbocycles. The molecule has 0 bridgehead atoms. The molecule has 1 aliphatic heterocycles. The summed E-state index contributed by atoms with van der Waals surface area (Å²) >= 11 is 11.6. The summed E-state index contributed by atoms with van der Waals surface area (Å²) in [5.74, 6) is 0.401. The van der Waals surface area contributed by atoms with Crippen molar-refractivity contribution in [3.8, 4) is 0 Å². The van der Waals surface area contributed by atoms with E-state index in [1.807, 2.05) is 17.0 Å². The number of hydrogen-bond acceptors (Lipinski definition) is 2. The van der Waals surface area contributed by atoms with Crippen LogP contribution in [0.4, 0.5) is 0 Å². The van der Waals surface area contributed by atoms with Gasteiger partial charge in [0.15, 0.2) is 0 Å². The highest BCUT2D eigenvalue weighted by molar-refractivity contribution is 6.55. The number of nitrogens with zero attached hydrogens (tertiary/aromatic N) is 2. The fraction of sp³-hybridized carbons (Fsp3) is 0.526. The highest BCUT2D eigenvalue weighted by Gasteiger charge is 2.61. The van der Waals surface area contributed by atoms with Crippen LogP contribution < -0.4 is 0 Å². The Morgan fingerprint density at radius 3 is 2.38 bits per heavy atom. The van der Waals surface area contributed by atoms with Crippen molar-refractivity contribution in [1.29, 1.82) is 0 Å². The number of piperazine rings is 1. The molecule has 0 radical (unpaired) electrons. The summed E-state index contributed by atoms with van der Waals surface area (Å²) in [6.07, 6.45) is 1.82. The predicted octanol–water partition coefficient (Wildman–Crippen LogP) is 3.92. The summed E-state index contributed by atoms with van der Waals surface area (Å²) in [5, 5.41) is 0. The summed E-state index contributed by atoms with van der Waals surface area (Å²) < 4.78 is 0.260. The minimum Gasteiger partial charge on any atom is -0.340 e. The largest absolute Gasteiger partial charge is 0.340 e. The van der Waals surface area contributed by atoms with Gasteiger partial charge >= 0.3 is 0 Å². The molecule has 0 unspecified atom stereocenters. The van der Waals surface area contributed by atoms with Crippen LogP contribution in [0.1, 0.15) is 19.4 Å². The van der Waals surface area contributed by atoms with Gasteiger partial charge in [-0.15, -0.1) is 0 Å². The van der Waals surface area contributed by atoms with Crippen LogP contribution >= 0.6 is 23.2 Å². The number of rotatable bonds is 4. The molecule has 1 aromatic carbocycles. The average molecular weight is 367 g/mol. The van der Waals surface area contributed by atoms with Crippen LogP contribution in [0, 0.1) is 17.3 Å². The minimum atomic E-state index is -0.0483. The van der Waals surface area contributed by atoms with Crippen molar-refractivity contribution >= 4 is 29.1 Å². The van der Waals surface area contributed by atoms with E-state index in [9.17, 15) is 4.79 Å². The molecule has 1 heterocycles. The average Bonchev–Trinajstić information content (AvgIpc) is 3.08. The molecule has 1 saturated heterocycles. The first-order valence-corrected chi connectivity index (χ1v) is 9.23. The predicted molar refractivity (Wildman–Crippen MR) is 98.8 cm³/mol. The number of amides is 1. The molecule has 2 atom stereocenters. The number of allylic oxidation sites excluding steroid dienone is 1. The molecule has 3 rings (SSSR count). The molecular weight excluding hydrogens is 343 g/mol. The third-order valence-corrected chi connectivity index (χ3v) is 5.67. The Labute approximate surface area is 154 Å². The summed E-state index contributed by atoms with van der Waals surface area (Å²) in [4.78, 5) is 17.2. The van der Waals surface area contributed by atoms with Gasteiger partial charge < -0.3 is 4.90 Å². The zero-order chi connectivity index (χ0) is 17.3. The molecule has 1 amide bonds. The van der Waals surface area contributed by atoms with Crippen LogP contribution in [0.2, 0.25) is 0 Å². The fourth-order valence-corrected chi connectivity index (χ4v) is 4.03. The summed E-state index contributed by atoms with van der Waals surface area (Å²) in [7, 11) is 0. The fourth-order valence-electron chi connectivity index (χ4n) is 3.76. The van der Waals surface area contributed by atoms with Crippen LogP contribution in [0.5, 0.6) is 0 Å². The summed E-state index contributed by atoms with van der Waals surface area (Å²) in [6, 6.07) is 10.5. The summed E-state index contributed by atoms with van der Waals surface area (Å²) in [5.41, 5.74) is 1.27. The molecule has 0 aromatic heterocycles. The second-order valence-electron chi connectivity index (χ2n) is 7.37. The molecule has 5 heteroatoms. The van der Waals surface area contributed by atoms with E-state index in [1.165, 1.54) is 5.56 Å². The Morgan fingerprint density at radius 1 is 1.17 bits per heavy atom. The highest BCUT2D eigenvalue weighted by atomic mass is 35.5. The van der Waals surface area contributed by atoms with Gasteiger partial charge in [-0.1, -0.05) is 67.4 Å². The van der Waals surface area contributed by atoms with E-state index in [2.05, 4.69) is 43.0 Å². The van der Waals surface area contributed by atoms with Gasteiger partial charge in [0.2, 0.25) is 5.91 Å². The lowest BCUT2D eigenvalue weighted by atomic mass is 10.1. The molecule has 1 aromatic rings. The smallest absolute Gasteiger partial charge is 0.226 e. The molecule has 1 saturated carbocycles. The molecule has 24 heavy (non-hydrogen) atoms. The van der Waals surface area contributed by atoms with E-state index in [4.69, 9.17) is 23.2 Å². The lowest BCUT2D eigenvalue weighted by Gasteiger charge is -2.35.